The van der Waals surface area contributed by atoms with E-state index in [9.17, 15) is 13.5 Å². The van der Waals surface area contributed by atoms with E-state index in [2.05, 4.69) is 0 Å². The highest BCUT2D eigenvalue weighted by molar-refractivity contribution is 7.86. The van der Waals surface area contributed by atoms with Gasteiger partial charge in [-0.1, -0.05) is 56.2 Å². The molecule has 2 rings (SSSR count). The van der Waals surface area contributed by atoms with Crippen molar-refractivity contribution in [2.45, 2.75) is 75.4 Å². The van der Waals surface area contributed by atoms with Gasteiger partial charge in [0.1, 0.15) is 6.10 Å². The van der Waals surface area contributed by atoms with E-state index in [1.165, 1.54) is 12.8 Å². The summed E-state index contributed by atoms with van der Waals surface area (Å²) in [5, 5.41) is 10.3. The van der Waals surface area contributed by atoms with Crippen molar-refractivity contribution in [2.75, 3.05) is 0 Å². The minimum Gasteiger partial charge on any atom is -0.390 e. The maximum Gasteiger partial charge on any atom is 0.297 e. The third-order valence-electron chi connectivity index (χ3n) is 4.23. The standard InChI is InChI=1S/C17H26O4S/c1-14-10-12-15(13-11-14)22(19,20)21-17-9-7-5-3-2-4-6-8-16(17)18/h10-13,16-18H,2-9H2,1H3/t16-,17+/m1/s1. The average Bonchev–Trinajstić information content (AvgIpc) is 2.48. The van der Waals surface area contributed by atoms with Gasteiger partial charge in [-0.2, -0.15) is 8.42 Å². The Morgan fingerprint density at radius 2 is 1.50 bits per heavy atom. The summed E-state index contributed by atoms with van der Waals surface area (Å²) in [6, 6.07) is 6.61. The molecule has 1 fully saturated rings. The molecule has 0 unspecified atom stereocenters. The molecule has 124 valence electrons. The molecule has 0 heterocycles. The summed E-state index contributed by atoms with van der Waals surface area (Å²) in [5.74, 6) is 0. The summed E-state index contributed by atoms with van der Waals surface area (Å²) in [6.45, 7) is 1.91. The first-order valence-corrected chi connectivity index (χ1v) is 9.58. The van der Waals surface area contributed by atoms with Crippen LogP contribution < -0.4 is 0 Å². The molecule has 0 radical (unpaired) electrons. The predicted molar refractivity (Wildman–Crippen MR) is 86.2 cm³/mol. The fourth-order valence-corrected chi connectivity index (χ4v) is 3.95. The summed E-state index contributed by atoms with van der Waals surface area (Å²) >= 11 is 0. The summed E-state index contributed by atoms with van der Waals surface area (Å²) in [7, 11) is -3.82. The zero-order valence-electron chi connectivity index (χ0n) is 13.2. The van der Waals surface area contributed by atoms with Gasteiger partial charge in [0.15, 0.2) is 0 Å². The molecule has 1 aromatic rings. The molecule has 22 heavy (non-hydrogen) atoms. The number of benzene rings is 1. The van der Waals surface area contributed by atoms with Gasteiger partial charge in [-0.05, 0) is 31.9 Å². The van der Waals surface area contributed by atoms with E-state index < -0.39 is 22.3 Å². The van der Waals surface area contributed by atoms with Crippen LogP contribution in [-0.2, 0) is 14.3 Å². The zero-order valence-corrected chi connectivity index (χ0v) is 14.0. The van der Waals surface area contributed by atoms with Crippen LogP contribution in [0.5, 0.6) is 0 Å². The minimum atomic E-state index is -3.82. The molecule has 0 bridgehead atoms. The Morgan fingerprint density at radius 3 is 2.14 bits per heavy atom. The van der Waals surface area contributed by atoms with Gasteiger partial charge in [0, 0.05) is 0 Å². The van der Waals surface area contributed by atoms with E-state index in [-0.39, 0.29) is 4.90 Å². The van der Waals surface area contributed by atoms with E-state index in [0.29, 0.717) is 12.8 Å². The van der Waals surface area contributed by atoms with Crippen LogP contribution in [0.3, 0.4) is 0 Å². The fraction of sp³-hybridized carbons (Fsp3) is 0.647. The first kappa shape index (κ1) is 17.4. The molecule has 0 spiro atoms. The topological polar surface area (TPSA) is 63.6 Å². The van der Waals surface area contributed by atoms with Crippen molar-refractivity contribution in [2.24, 2.45) is 0 Å². The van der Waals surface area contributed by atoms with Crippen LogP contribution in [0.25, 0.3) is 0 Å². The molecule has 2 atom stereocenters. The number of aliphatic hydroxyl groups is 1. The van der Waals surface area contributed by atoms with Gasteiger partial charge in [-0.25, -0.2) is 0 Å². The van der Waals surface area contributed by atoms with Crippen molar-refractivity contribution >= 4 is 10.1 Å². The smallest absolute Gasteiger partial charge is 0.297 e. The summed E-state index contributed by atoms with van der Waals surface area (Å²) in [6.07, 6.45) is 6.19. The zero-order chi connectivity index (χ0) is 16.0. The Hall–Kier alpha value is -0.910. The van der Waals surface area contributed by atoms with Gasteiger partial charge in [-0.3, -0.25) is 4.18 Å². The first-order chi connectivity index (χ1) is 10.5. The van der Waals surface area contributed by atoms with E-state index in [1.807, 2.05) is 6.92 Å². The average molecular weight is 326 g/mol. The Morgan fingerprint density at radius 1 is 0.955 bits per heavy atom. The second kappa shape index (κ2) is 8.09. The molecular weight excluding hydrogens is 300 g/mol. The number of hydrogen-bond donors (Lipinski definition) is 1. The third kappa shape index (κ3) is 5.07. The molecule has 0 amide bonds. The highest BCUT2D eigenvalue weighted by Crippen LogP contribution is 2.23. The van der Waals surface area contributed by atoms with Crippen LogP contribution >= 0.6 is 0 Å². The highest BCUT2D eigenvalue weighted by atomic mass is 32.2. The van der Waals surface area contributed by atoms with E-state index in [1.54, 1.807) is 24.3 Å². The van der Waals surface area contributed by atoms with Crippen molar-refractivity contribution < 1.29 is 17.7 Å². The van der Waals surface area contributed by atoms with Crippen LogP contribution in [0.15, 0.2) is 29.2 Å². The summed E-state index contributed by atoms with van der Waals surface area (Å²) in [5.41, 5.74) is 0.998. The maximum atomic E-state index is 12.4. The van der Waals surface area contributed by atoms with Crippen molar-refractivity contribution in [3.63, 3.8) is 0 Å². The Balaban J connectivity index is 2.08. The lowest BCUT2D eigenvalue weighted by atomic mass is 9.97. The van der Waals surface area contributed by atoms with E-state index in [0.717, 1.165) is 31.2 Å². The molecule has 4 nitrogen and oxygen atoms in total. The first-order valence-electron chi connectivity index (χ1n) is 8.17. The van der Waals surface area contributed by atoms with Crippen molar-refractivity contribution in [1.29, 1.82) is 0 Å². The largest absolute Gasteiger partial charge is 0.390 e. The van der Waals surface area contributed by atoms with Crippen LogP contribution in [0, 0.1) is 6.92 Å². The molecule has 5 heteroatoms. The van der Waals surface area contributed by atoms with Crippen molar-refractivity contribution in [3.05, 3.63) is 29.8 Å². The van der Waals surface area contributed by atoms with E-state index in [4.69, 9.17) is 4.18 Å². The Labute approximate surface area is 133 Å². The molecule has 0 saturated heterocycles. The molecule has 1 aromatic carbocycles. The maximum absolute atomic E-state index is 12.4. The van der Waals surface area contributed by atoms with Gasteiger partial charge in [0.05, 0.1) is 11.0 Å². The monoisotopic (exact) mass is 326 g/mol. The molecule has 0 aromatic heterocycles. The lowest BCUT2D eigenvalue weighted by molar-refractivity contribution is 0.0256. The predicted octanol–water partition coefficient (Wildman–Crippen LogP) is 3.56. The lowest BCUT2D eigenvalue weighted by Crippen LogP contribution is -2.31. The number of hydrogen-bond acceptors (Lipinski definition) is 4. The van der Waals surface area contributed by atoms with Gasteiger partial charge in [0.2, 0.25) is 0 Å². The number of aryl methyl sites for hydroxylation is 1. The van der Waals surface area contributed by atoms with Crippen LogP contribution in [-0.4, -0.2) is 25.7 Å². The number of rotatable bonds is 3. The molecule has 1 saturated carbocycles. The van der Waals surface area contributed by atoms with Gasteiger partial charge in [0.25, 0.3) is 10.1 Å². The summed E-state index contributed by atoms with van der Waals surface area (Å²) in [4.78, 5) is 0.155. The second-order valence-electron chi connectivity index (χ2n) is 6.17. The van der Waals surface area contributed by atoms with Crippen molar-refractivity contribution in [3.8, 4) is 0 Å². The Bertz CT molecular complexity index is 551. The minimum absolute atomic E-state index is 0.155. The molecule has 1 aliphatic carbocycles. The normalized spacial score (nSPS) is 24.8. The number of aliphatic hydroxyl groups excluding tert-OH is 1. The second-order valence-corrected chi connectivity index (χ2v) is 7.74. The molecule has 1 N–H and O–H groups in total. The Kier molecular flexibility index (Phi) is 6.41. The molecule has 1 aliphatic rings. The van der Waals surface area contributed by atoms with Gasteiger partial charge >= 0.3 is 0 Å². The van der Waals surface area contributed by atoms with Gasteiger partial charge < -0.3 is 5.11 Å². The molecular formula is C17H26O4S. The van der Waals surface area contributed by atoms with Crippen molar-refractivity contribution in [1.82, 2.24) is 0 Å². The highest BCUT2D eigenvalue weighted by Gasteiger charge is 2.27. The summed E-state index contributed by atoms with van der Waals surface area (Å²) < 4.78 is 30.1. The van der Waals surface area contributed by atoms with E-state index >= 15 is 0 Å². The quantitative estimate of drug-likeness (QED) is 0.863. The fourth-order valence-electron chi connectivity index (χ4n) is 2.82. The third-order valence-corrected chi connectivity index (χ3v) is 5.58. The SMILES string of the molecule is Cc1ccc(S(=O)(=O)O[C@H]2CCCCCCCC[C@H]2O)cc1. The van der Waals surface area contributed by atoms with Gasteiger partial charge in [-0.15, -0.1) is 0 Å². The van der Waals surface area contributed by atoms with Crippen LogP contribution in [0.1, 0.15) is 56.9 Å². The lowest BCUT2D eigenvalue weighted by Gasteiger charge is -2.24. The van der Waals surface area contributed by atoms with Crippen LogP contribution in [0.2, 0.25) is 0 Å². The van der Waals surface area contributed by atoms with Crippen LogP contribution in [0.4, 0.5) is 0 Å². The molecule has 0 aliphatic heterocycles.